The molecule has 2 saturated carbocycles. The molecule has 2 heterocycles. The van der Waals surface area contributed by atoms with Crippen LogP contribution in [0.3, 0.4) is 0 Å². The monoisotopic (exact) mass is 391 g/mol. The van der Waals surface area contributed by atoms with Gasteiger partial charge in [0.2, 0.25) is 5.91 Å². The van der Waals surface area contributed by atoms with Gasteiger partial charge in [0.1, 0.15) is 12.1 Å². The van der Waals surface area contributed by atoms with Gasteiger partial charge >= 0.3 is 12.0 Å². The highest BCUT2D eigenvalue weighted by Crippen LogP contribution is 2.49. The van der Waals surface area contributed by atoms with Crippen LogP contribution < -0.4 is 5.32 Å². The van der Waals surface area contributed by atoms with Crippen LogP contribution in [-0.2, 0) is 14.4 Å². The molecular formula is C20H29N3O5. The van der Waals surface area contributed by atoms with Gasteiger partial charge in [-0.15, -0.1) is 0 Å². The Balaban J connectivity index is 1.42. The van der Waals surface area contributed by atoms with Crippen LogP contribution >= 0.6 is 0 Å². The van der Waals surface area contributed by atoms with Crippen molar-refractivity contribution < 1.29 is 24.3 Å². The van der Waals surface area contributed by atoms with Crippen LogP contribution in [0, 0.1) is 17.3 Å². The van der Waals surface area contributed by atoms with Crippen LogP contribution in [0.2, 0.25) is 0 Å². The molecule has 4 aliphatic rings. The van der Waals surface area contributed by atoms with E-state index in [2.05, 4.69) is 12.2 Å². The number of aliphatic carboxylic acids is 1. The summed E-state index contributed by atoms with van der Waals surface area (Å²) in [5.74, 6) is -0.924. The minimum atomic E-state index is -0.854. The topological polar surface area (TPSA) is 107 Å². The van der Waals surface area contributed by atoms with Crippen molar-refractivity contribution in [2.45, 2.75) is 63.8 Å². The largest absolute Gasteiger partial charge is 0.481 e. The predicted octanol–water partition coefficient (Wildman–Crippen LogP) is 1.59. The number of amides is 4. The lowest BCUT2D eigenvalue weighted by Crippen LogP contribution is -2.50. The number of hydrogen-bond donors (Lipinski definition) is 2. The Morgan fingerprint density at radius 3 is 2.50 bits per heavy atom. The van der Waals surface area contributed by atoms with Gasteiger partial charge in [0.05, 0.1) is 5.41 Å². The molecule has 4 amide bonds. The number of hydrogen-bond acceptors (Lipinski definition) is 4. The smallest absolute Gasteiger partial charge is 0.325 e. The van der Waals surface area contributed by atoms with E-state index in [1.807, 2.05) is 0 Å². The molecule has 0 aromatic carbocycles. The molecule has 28 heavy (non-hydrogen) atoms. The molecule has 0 aromatic rings. The van der Waals surface area contributed by atoms with E-state index in [0.29, 0.717) is 31.7 Å². The number of nitrogens with zero attached hydrogens (tertiary/aromatic N) is 2. The van der Waals surface area contributed by atoms with Crippen molar-refractivity contribution in [2.24, 2.45) is 17.3 Å². The highest BCUT2D eigenvalue weighted by Gasteiger charge is 2.57. The lowest BCUT2D eigenvalue weighted by atomic mass is 9.75. The van der Waals surface area contributed by atoms with E-state index in [-0.39, 0.29) is 30.8 Å². The second-order valence-corrected chi connectivity index (χ2v) is 9.08. The maximum atomic E-state index is 13.0. The van der Waals surface area contributed by atoms with Crippen molar-refractivity contribution in [3.8, 4) is 0 Å². The lowest BCUT2D eigenvalue weighted by Gasteiger charge is -2.34. The molecule has 2 aliphatic carbocycles. The van der Waals surface area contributed by atoms with E-state index in [1.54, 1.807) is 0 Å². The number of carboxylic acid groups (broad SMARTS) is 1. The number of imide groups is 1. The van der Waals surface area contributed by atoms with Gasteiger partial charge in [0.25, 0.3) is 5.91 Å². The van der Waals surface area contributed by atoms with E-state index < -0.39 is 23.0 Å². The first-order valence-electron chi connectivity index (χ1n) is 10.5. The van der Waals surface area contributed by atoms with Gasteiger partial charge in [-0.1, -0.05) is 19.8 Å². The maximum Gasteiger partial charge on any atom is 0.325 e. The van der Waals surface area contributed by atoms with Crippen LogP contribution in [0.4, 0.5) is 4.79 Å². The molecule has 0 radical (unpaired) electrons. The SMILES string of the molecule is CCC1CCC2(CC1)NC(=O)N(CC(=O)N1C[C@@H]3CCC[C@@]3(C(=O)O)C1)C2=O. The number of urea groups is 1. The van der Waals surface area contributed by atoms with Gasteiger partial charge in [-0.3, -0.25) is 19.3 Å². The quantitative estimate of drug-likeness (QED) is 0.708. The summed E-state index contributed by atoms with van der Waals surface area (Å²) in [7, 11) is 0. The molecular weight excluding hydrogens is 362 g/mol. The van der Waals surface area contributed by atoms with Crippen molar-refractivity contribution in [1.82, 2.24) is 15.1 Å². The Kier molecular flexibility index (Phi) is 4.62. The molecule has 4 fully saturated rings. The van der Waals surface area contributed by atoms with Crippen LogP contribution in [0.25, 0.3) is 0 Å². The number of carboxylic acids is 1. The summed E-state index contributed by atoms with van der Waals surface area (Å²) in [6.07, 6.45) is 6.37. The third-order valence-corrected chi connectivity index (χ3v) is 7.72. The Hall–Kier alpha value is -2.12. The summed E-state index contributed by atoms with van der Waals surface area (Å²) in [6, 6.07) is -0.499. The lowest BCUT2D eigenvalue weighted by molar-refractivity contribution is -0.150. The summed E-state index contributed by atoms with van der Waals surface area (Å²) < 4.78 is 0. The summed E-state index contributed by atoms with van der Waals surface area (Å²) >= 11 is 0. The van der Waals surface area contributed by atoms with Crippen molar-refractivity contribution in [3.05, 3.63) is 0 Å². The molecule has 2 saturated heterocycles. The number of nitrogens with one attached hydrogen (secondary N) is 1. The van der Waals surface area contributed by atoms with Gasteiger partial charge in [-0.2, -0.15) is 0 Å². The van der Waals surface area contributed by atoms with E-state index in [0.717, 1.165) is 37.0 Å². The fraction of sp³-hybridized carbons (Fsp3) is 0.800. The second kappa shape index (κ2) is 6.74. The molecule has 8 nitrogen and oxygen atoms in total. The second-order valence-electron chi connectivity index (χ2n) is 9.08. The Labute approximate surface area is 164 Å². The number of fused-ring (bicyclic) bond motifs is 1. The fourth-order valence-corrected chi connectivity index (χ4v) is 5.80. The first-order valence-corrected chi connectivity index (χ1v) is 10.5. The average Bonchev–Trinajstić information content (AvgIpc) is 3.29. The normalized spacial score (nSPS) is 37.5. The fourth-order valence-electron chi connectivity index (χ4n) is 5.80. The molecule has 2 N–H and O–H groups in total. The van der Waals surface area contributed by atoms with Gasteiger partial charge in [-0.25, -0.2) is 4.79 Å². The standard InChI is InChI=1S/C20H29N3O5/c1-2-13-5-8-20(9-6-13)16(25)23(18(28)21-20)11-15(24)22-10-14-4-3-7-19(14,12-22)17(26)27/h13-14H,2-12H2,1H3,(H,21,28)(H,26,27)/t13?,14-,19+,20?/m0/s1. The van der Waals surface area contributed by atoms with Crippen molar-refractivity contribution in [3.63, 3.8) is 0 Å². The molecule has 0 bridgehead atoms. The zero-order valence-corrected chi connectivity index (χ0v) is 16.4. The third kappa shape index (κ3) is 2.79. The number of carbonyl (C=O) groups excluding carboxylic acids is 3. The molecule has 0 unspecified atom stereocenters. The maximum absolute atomic E-state index is 13.0. The van der Waals surface area contributed by atoms with Crippen molar-refractivity contribution in [1.29, 1.82) is 0 Å². The zero-order chi connectivity index (χ0) is 20.1. The van der Waals surface area contributed by atoms with Crippen LogP contribution in [0.1, 0.15) is 58.3 Å². The van der Waals surface area contributed by atoms with E-state index in [1.165, 1.54) is 4.90 Å². The van der Waals surface area contributed by atoms with Crippen LogP contribution in [-0.4, -0.2) is 63.9 Å². The highest BCUT2D eigenvalue weighted by molar-refractivity contribution is 6.09. The number of likely N-dealkylation sites (tertiary alicyclic amines) is 1. The summed E-state index contributed by atoms with van der Waals surface area (Å²) in [6.45, 7) is 2.42. The van der Waals surface area contributed by atoms with E-state index in [4.69, 9.17) is 0 Å². The van der Waals surface area contributed by atoms with Gasteiger partial charge in [0, 0.05) is 13.1 Å². The molecule has 2 atom stereocenters. The molecule has 2 aliphatic heterocycles. The van der Waals surface area contributed by atoms with Gasteiger partial charge in [-0.05, 0) is 50.4 Å². The van der Waals surface area contributed by atoms with E-state index in [9.17, 15) is 24.3 Å². The predicted molar refractivity (Wildman–Crippen MR) is 99.2 cm³/mol. The number of carbonyl (C=O) groups is 4. The first-order chi connectivity index (χ1) is 13.3. The first kappa shape index (κ1) is 19.2. The Morgan fingerprint density at radius 2 is 1.89 bits per heavy atom. The van der Waals surface area contributed by atoms with E-state index >= 15 is 0 Å². The summed E-state index contributed by atoms with van der Waals surface area (Å²) in [5.41, 5.74) is -1.71. The van der Waals surface area contributed by atoms with Gasteiger partial charge < -0.3 is 15.3 Å². The molecule has 154 valence electrons. The van der Waals surface area contributed by atoms with Crippen molar-refractivity contribution in [2.75, 3.05) is 19.6 Å². The minimum absolute atomic E-state index is 0.0345. The van der Waals surface area contributed by atoms with Crippen LogP contribution in [0.5, 0.6) is 0 Å². The van der Waals surface area contributed by atoms with Gasteiger partial charge in [0.15, 0.2) is 0 Å². The number of rotatable bonds is 4. The molecule has 8 heteroatoms. The molecule has 1 spiro atoms. The molecule has 0 aromatic heterocycles. The average molecular weight is 391 g/mol. The minimum Gasteiger partial charge on any atom is -0.481 e. The highest BCUT2D eigenvalue weighted by atomic mass is 16.4. The summed E-state index contributed by atoms with van der Waals surface area (Å²) in [5, 5.41) is 12.5. The van der Waals surface area contributed by atoms with Crippen molar-refractivity contribution >= 4 is 23.8 Å². The summed E-state index contributed by atoms with van der Waals surface area (Å²) in [4.78, 5) is 52.6. The Bertz CT molecular complexity index is 715. The van der Waals surface area contributed by atoms with Crippen LogP contribution in [0.15, 0.2) is 0 Å². The Morgan fingerprint density at radius 1 is 1.18 bits per heavy atom. The molecule has 4 rings (SSSR count). The third-order valence-electron chi connectivity index (χ3n) is 7.72. The zero-order valence-electron chi connectivity index (χ0n) is 16.4.